The number of thioether (sulfide) groups is 1. The van der Waals surface area contributed by atoms with Gasteiger partial charge in [-0.15, -0.1) is 11.8 Å². The maximum atomic E-state index is 10.9. The quantitative estimate of drug-likeness (QED) is 0.424. The Kier molecular flexibility index (Phi) is 4.66. The molecule has 14 heavy (non-hydrogen) atoms. The van der Waals surface area contributed by atoms with Crippen molar-refractivity contribution in [3.05, 3.63) is 24.0 Å². The van der Waals surface area contributed by atoms with Gasteiger partial charge in [0.2, 0.25) is 0 Å². The molecule has 0 aliphatic rings. The van der Waals surface area contributed by atoms with Crippen LogP contribution in [0, 0.1) is 0 Å². The molecule has 0 spiro atoms. The number of hydrogen-bond donors (Lipinski definition) is 0. The van der Waals surface area contributed by atoms with Crippen LogP contribution in [0.1, 0.15) is 37.2 Å². The minimum atomic E-state index is 0.0232. The summed E-state index contributed by atoms with van der Waals surface area (Å²) in [7, 11) is 0. The third kappa shape index (κ3) is 3.50. The van der Waals surface area contributed by atoms with E-state index in [2.05, 4.69) is 11.9 Å². The van der Waals surface area contributed by atoms with Gasteiger partial charge in [-0.2, -0.15) is 0 Å². The third-order valence-corrected chi connectivity index (χ3v) is 2.93. The summed E-state index contributed by atoms with van der Waals surface area (Å²) in [6.45, 7) is 3.71. The van der Waals surface area contributed by atoms with E-state index >= 15 is 0 Å². The van der Waals surface area contributed by atoms with Crippen molar-refractivity contribution in [3.63, 3.8) is 0 Å². The summed E-state index contributed by atoms with van der Waals surface area (Å²) in [4.78, 5) is 16.2. The summed E-state index contributed by atoms with van der Waals surface area (Å²) in [5, 5.41) is 0. The fourth-order valence-electron chi connectivity index (χ4n) is 1.01. The molecule has 0 saturated heterocycles. The molecule has 1 heterocycles. The van der Waals surface area contributed by atoms with E-state index in [-0.39, 0.29) is 5.78 Å². The first kappa shape index (κ1) is 11.2. The van der Waals surface area contributed by atoms with E-state index in [0.29, 0.717) is 5.69 Å². The van der Waals surface area contributed by atoms with Crippen LogP contribution in [0.5, 0.6) is 0 Å². The van der Waals surface area contributed by atoms with Crippen LogP contribution in [-0.4, -0.2) is 16.5 Å². The van der Waals surface area contributed by atoms with Gasteiger partial charge in [-0.1, -0.05) is 13.3 Å². The van der Waals surface area contributed by atoms with Gasteiger partial charge in [-0.3, -0.25) is 9.78 Å². The van der Waals surface area contributed by atoms with E-state index < -0.39 is 0 Å². The molecular weight excluding hydrogens is 194 g/mol. The molecule has 0 amide bonds. The molecule has 0 aliphatic carbocycles. The first-order valence-electron chi connectivity index (χ1n) is 4.84. The van der Waals surface area contributed by atoms with Crippen molar-refractivity contribution in [1.29, 1.82) is 0 Å². The summed E-state index contributed by atoms with van der Waals surface area (Å²) >= 11 is 1.79. The Morgan fingerprint density at radius 2 is 2.29 bits per heavy atom. The van der Waals surface area contributed by atoms with E-state index in [4.69, 9.17) is 0 Å². The van der Waals surface area contributed by atoms with Gasteiger partial charge >= 0.3 is 0 Å². The predicted molar refractivity (Wildman–Crippen MR) is 59.9 cm³/mol. The average Bonchev–Trinajstić information content (AvgIpc) is 2.19. The maximum absolute atomic E-state index is 10.9. The Morgan fingerprint density at radius 1 is 1.50 bits per heavy atom. The van der Waals surface area contributed by atoms with Crippen LogP contribution in [-0.2, 0) is 0 Å². The molecule has 0 unspecified atom stereocenters. The average molecular weight is 209 g/mol. The zero-order valence-corrected chi connectivity index (χ0v) is 9.43. The van der Waals surface area contributed by atoms with Crippen LogP contribution in [0.15, 0.2) is 23.2 Å². The highest BCUT2D eigenvalue weighted by Crippen LogP contribution is 2.18. The molecule has 0 aliphatic heterocycles. The molecule has 0 fully saturated rings. The summed E-state index contributed by atoms with van der Waals surface area (Å²) in [5.41, 5.74) is 0.546. The number of carbonyl (C=O) groups is 1. The molecule has 0 radical (unpaired) electrons. The van der Waals surface area contributed by atoms with E-state index in [0.717, 1.165) is 10.6 Å². The highest BCUT2D eigenvalue weighted by atomic mass is 32.2. The lowest BCUT2D eigenvalue weighted by atomic mass is 10.3. The molecule has 76 valence electrons. The lowest BCUT2D eigenvalue weighted by molar-refractivity contribution is 0.101. The number of rotatable bonds is 5. The Balaban J connectivity index is 2.51. The van der Waals surface area contributed by atoms with Crippen molar-refractivity contribution in [2.45, 2.75) is 31.6 Å². The molecular formula is C11H15NOS. The van der Waals surface area contributed by atoms with E-state index in [1.54, 1.807) is 24.0 Å². The van der Waals surface area contributed by atoms with Crippen molar-refractivity contribution in [2.24, 2.45) is 0 Å². The molecule has 0 saturated carbocycles. The van der Waals surface area contributed by atoms with Crippen LogP contribution in [0.2, 0.25) is 0 Å². The van der Waals surface area contributed by atoms with Crippen LogP contribution >= 0.6 is 11.8 Å². The summed E-state index contributed by atoms with van der Waals surface area (Å²) < 4.78 is 0. The molecule has 2 nitrogen and oxygen atoms in total. The van der Waals surface area contributed by atoms with Crippen LogP contribution in [0.3, 0.4) is 0 Å². The van der Waals surface area contributed by atoms with Crippen LogP contribution in [0.25, 0.3) is 0 Å². The first-order valence-corrected chi connectivity index (χ1v) is 5.82. The Morgan fingerprint density at radius 3 is 2.79 bits per heavy atom. The lowest BCUT2D eigenvalue weighted by Gasteiger charge is -2.00. The predicted octanol–water partition coefficient (Wildman–Crippen LogP) is 3.18. The van der Waals surface area contributed by atoms with Gasteiger partial charge in [-0.25, -0.2) is 0 Å². The number of hydrogen-bond acceptors (Lipinski definition) is 3. The maximum Gasteiger partial charge on any atom is 0.178 e. The number of Topliss-reactive ketones (excluding diaryl/α,β-unsaturated/α-hetero) is 1. The smallest absolute Gasteiger partial charge is 0.178 e. The topological polar surface area (TPSA) is 30.0 Å². The minimum Gasteiger partial charge on any atom is -0.293 e. The largest absolute Gasteiger partial charge is 0.293 e. The second kappa shape index (κ2) is 5.81. The van der Waals surface area contributed by atoms with E-state index in [1.807, 2.05) is 6.07 Å². The monoisotopic (exact) mass is 209 g/mol. The van der Waals surface area contributed by atoms with Gasteiger partial charge in [-0.05, 0) is 24.3 Å². The van der Waals surface area contributed by atoms with Gasteiger partial charge in [0.25, 0.3) is 0 Å². The molecule has 3 heteroatoms. The fourth-order valence-corrected chi connectivity index (χ4v) is 1.97. The first-order chi connectivity index (χ1) is 6.74. The highest BCUT2D eigenvalue weighted by molar-refractivity contribution is 7.99. The zero-order chi connectivity index (χ0) is 10.4. The highest BCUT2D eigenvalue weighted by Gasteiger charge is 2.00. The number of ketones is 1. The summed E-state index contributed by atoms with van der Waals surface area (Å²) in [6.07, 6.45) is 4.21. The normalized spacial score (nSPS) is 10.1. The van der Waals surface area contributed by atoms with Crippen molar-refractivity contribution in [3.8, 4) is 0 Å². The molecule has 1 aromatic rings. The van der Waals surface area contributed by atoms with E-state index in [9.17, 15) is 4.79 Å². The Labute approximate surface area is 89.1 Å². The Hall–Kier alpha value is -0.830. The lowest BCUT2D eigenvalue weighted by Crippen LogP contribution is -1.95. The van der Waals surface area contributed by atoms with Crippen molar-refractivity contribution in [2.75, 3.05) is 5.75 Å². The number of pyridine rings is 1. The number of nitrogens with zero attached hydrogens (tertiary/aromatic N) is 1. The molecule has 0 aromatic carbocycles. The van der Waals surface area contributed by atoms with Gasteiger partial charge < -0.3 is 0 Å². The number of unbranched alkanes of at least 4 members (excludes halogenated alkanes) is 1. The number of carbonyl (C=O) groups excluding carboxylic acids is 1. The van der Waals surface area contributed by atoms with Gasteiger partial charge in [0, 0.05) is 18.0 Å². The Bertz CT molecular complexity index is 295. The number of aromatic nitrogens is 1. The molecule has 1 rings (SSSR count). The zero-order valence-electron chi connectivity index (χ0n) is 8.62. The molecule has 0 bridgehead atoms. The van der Waals surface area contributed by atoms with Crippen molar-refractivity contribution in [1.82, 2.24) is 4.98 Å². The van der Waals surface area contributed by atoms with Crippen molar-refractivity contribution >= 4 is 17.5 Å². The van der Waals surface area contributed by atoms with Gasteiger partial charge in [0.15, 0.2) is 5.78 Å². The van der Waals surface area contributed by atoms with Crippen LogP contribution in [0.4, 0.5) is 0 Å². The fraction of sp³-hybridized carbons (Fsp3) is 0.455. The van der Waals surface area contributed by atoms with Crippen molar-refractivity contribution < 1.29 is 4.79 Å². The SMILES string of the molecule is CCCCSc1ccc(C(C)=O)nc1. The standard InChI is InChI=1S/C11H15NOS/c1-3-4-7-14-10-5-6-11(9(2)13)12-8-10/h5-6,8H,3-4,7H2,1-2H3. The molecule has 1 aromatic heterocycles. The van der Waals surface area contributed by atoms with Gasteiger partial charge in [0.1, 0.15) is 5.69 Å². The second-order valence-corrected chi connectivity index (χ2v) is 4.31. The minimum absolute atomic E-state index is 0.0232. The third-order valence-electron chi connectivity index (χ3n) is 1.86. The summed E-state index contributed by atoms with van der Waals surface area (Å²) in [6, 6.07) is 3.75. The molecule has 0 atom stereocenters. The second-order valence-electron chi connectivity index (χ2n) is 3.14. The molecule has 0 N–H and O–H groups in total. The van der Waals surface area contributed by atoms with Crippen LogP contribution < -0.4 is 0 Å². The van der Waals surface area contributed by atoms with E-state index in [1.165, 1.54) is 19.8 Å². The summed E-state index contributed by atoms with van der Waals surface area (Å²) in [5.74, 6) is 1.15. The van der Waals surface area contributed by atoms with Gasteiger partial charge in [0.05, 0.1) is 0 Å².